The number of carbonyl (C=O) groups is 2. The van der Waals surface area contributed by atoms with Crippen molar-refractivity contribution in [3.63, 3.8) is 0 Å². The highest BCUT2D eigenvalue weighted by atomic mass is 17.2. The smallest absolute Gasteiger partial charge is 0.369 e. The molecule has 0 aliphatic carbocycles. The lowest BCUT2D eigenvalue weighted by atomic mass is 9.98. The number of carbonyl (C=O) groups excluding carboxylic acids is 1. The van der Waals surface area contributed by atoms with E-state index in [0.29, 0.717) is 19.4 Å². The van der Waals surface area contributed by atoms with Crippen molar-refractivity contribution in [1.29, 1.82) is 0 Å². The van der Waals surface area contributed by atoms with E-state index in [1.54, 1.807) is 0 Å². The summed E-state index contributed by atoms with van der Waals surface area (Å²) in [5.74, 6) is -1.70. The van der Waals surface area contributed by atoms with Gasteiger partial charge in [0.2, 0.25) is 0 Å². The second kappa shape index (κ2) is 12.4. The van der Waals surface area contributed by atoms with Crippen LogP contribution in [-0.4, -0.2) is 23.7 Å². The van der Waals surface area contributed by atoms with Gasteiger partial charge in [-0.2, -0.15) is 4.89 Å². The Morgan fingerprint density at radius 1 is 0.857 bits per heavy atom. The molecule has 21 heavy (non-hydrogen) atoms. The zero-order chi connectivity index (χ0) is 16.1. The number of carboxylic acid groups (broad SMARTS) is 1. The molecular weight excluding hydrogens is 272 g/mol. The third-order valence-electron chi connectivity index (χ3n) is 3.15. The van der Waals surface area contributed by atoms with E-state index >= 15 is 0 Å². The summed E-state index contributed by atoms with van der Waals surface area (Å²) >= 11 is 0. The number of carboxylic acids is 1. The molecule has 0 fully saturated rings. The van der Waals surface area contributed by atoms with Crippen LogP contribution in [0.1, 0.15) is 72.1 Å². The number of aliphatic carboxylic acids is 1. The summed E-state index contributed by atoms with van der Waals surface area (Å²) < 4.78 is 0. The second-order valence-electron chi connectivity index (χ2n) is 5.02. The number of unbranched alkanes of at least 4 members (excludes halogenated alkanes) is 3. The van der Waals surface area contributed by atoms with Crippen molar-refractivity contribution >= 4 is 11.9 Å². The summed E-state index contributed by atoms with van der Waals surface area (Å²) in [6.07, 6.45) is 5.78. The lowest BCUT2D eigenvalue weighted by Crippen LogP contribution is -2.15. The van der Waals surface area contributed by atoms with Crippen molar-refractivity contribution in [3.8, 4) is 0 Å². The first-order valence-corrected chi connectivity index (χ1v) is 7.87. The monoisotopic (exact) mass is 300 g/mol. The first kappa shape index (κ1) is 19.6. The Labute approximate surface area is 127 Å². The largest absolute Gasteiger partial charge is 0.478 e. The fourth-order valence-electron chi connectivity index (χ4n) is 1.82. The maximum atomic E-state index is 12.1. The van der Waals surface area contributed by atoms with Gasteiger partial charge in [0.05, 0.1) is 12.2 Å². The molecule has 0 rings (SSSR count). The van der Waals surface area contributed by atoms with Gasteiger partial charge in [-0.1, -0.05) is 40.0 Å². The van der Waals surface area contributed by atoms with Crippen LogP contribution in [0, 0.1) is 0 Å². The summed E-state index contributed by atoms with van der Waals surface area (Å²) in [5, 5.41) is 9.32. The summed E-state index contributed by atoms with van der Waals surface area (Å²) in [7, 11) is 0. The summed E-state index contributed by atoms with van der Waals surface area (Å²) in [6.45, 7) is 6.32. The minimum Gasteiger partial charge on any atom is -0.478 e. The number of rotatable bonds is 12. The molecule has 0 bridgehead atoms. The molecule has 0 aliphatic rings. The minimum atomic E-state index is -1.04. The molecule has 122 valence electrons. The molecule has 0 atom stereocenters. The molecule has 0 saturated carbocycles. The zero-order valence-corrected chi connectivity index (χ0v) is 13.4. The van der Waals surface area contributed by atoms with Gasteiger partial charge < -0.3 is 5.11 Å². The molecule has 0 aliphatic heterocycles. The molecule has 5 nitrogen and oxygen atoms in total. The Bertz CT molecular complexity index is 347. The van der Waals surface area contributed by atoms with Gasteiger partial charge in [-0.15, -0.1) is 0 Å². The van der Waals surface area contributed by atoms with Crippen LogP contribution in [0.2, 0.25) is 0 Å². The average molecular weight is 300 g/mol. The lowest BCUT2D eigenvalue weighted by molar-refractivity contribution is -0.268. The first-order chi connectivity index (χ1) is 10.1. The van der Waals surface area contributed by atoms with E-state index in [1.165, 1.54) is 0 Å². The number of hydrogen-bond acceptors (Lipinski definition) is 4. The highest BCUT2D eigenvalue weighted by Gasteiger charge is 2.21. The average Bonchev–Trinajstić information content (AvgIpc) is 2.46. The third-order valence-corrected chi connectivity index (χ3v) is 3.15. The van der Waals surface area contributed by atoms with Crippen LogP contribution >= 0.6 is 0 Å². The molecule has 0 spiro atoms. The zero-order valence-electron chi connectivity index (χ0n) is 13.4. The van der Waals surface area contributed by atoms with Gasteiger partial charge in [0.1, 0.15) is 0 Å². The predicted octanol–water partition coefficient (Wildman–Crippen LogP) is 4.02. The van der Waals surface area contributed by atoms with Crippen LogP contribution in [0.4, 0.5) is 0 Å². The maximum Gasteiger partial charge on any atom is 0.369 e. The Morgan fingerprint density at radius 3 is 1.86 bits per heavy atom. The van der Waals surface area contributed by atoms with Crippen LogP contribution in [0.25, 0.3) is 0 Å². The van der Waals surface area contributed by atoms with Crippen molar-refractivity contribution in [2.24, 2.45) is 0 Å². The molecule has 1 N–H and O–H groups in total. The standard InChI is InChI=1S/C16H28O5/c1-4-7-10-13(15(17)18)14(11-8-5-2)16(19)21-20-12-9-6-3/h4-12H2,1-3H3,(H,17,18)/b14-13-. The Balaban J connectivity index is 4.92. The molecule has 0 aromatic carbocycles. The van der Waals surface area contributed by atoms with E-state index in [0.717, 1.165) is 38.5 Å². The van der Waals surface area contributed by atoms with Gasteiger partial charge >= 0.3 is 11.9 Å². The highest BCUT2D eigenvalue weighted by Crippen LogP contribution is 2.20. The Morgan fingerprint density at radius 2 is 1.38 bits per heavy atom. The van der Waals surface area contributed by atoms with Crippen LogP contribution in [0.3, 0.4) is 0 Å². The fraction of sp³-hybridized carbons (Fsp3) is 0.750. The molecule has 0 saturated heterocycles. The van der Waals surface area contributed by atoms with Crippen LogP contribution < -0.4 is 0 Å². The molecular formula is C16H28O5. The molecule has 5 heteroatoms. The molecule has 0 heterocycles. The molecule has 0 unspecified atom stereocenters. The molecule has 0 amide bonds. The van der Waals surface area contributed by atoms with Gasteiger partial charge in [0, 0.05) is 5.57 Å². The van der Waals surface area contributed by atoms with Gasteiger partial charge in [-0.3, -0.25) is 4.89 Å². The van der Waals surface area contributed by atoms with E-state index in [1.807, 2.05) is 20.8 Å². The van der Waals surface area contributed by atoms with Crippen molar-refractivity contribution in [2.45, 2.75) is 72.1 Å². The Hall–Kier alpha value is -1.36. The topological polar surface area (TPSA) is 72.8 Å². The first-order valence-electron chi connectivity index (χ1n) is 7.87. The van der Waals surface area contributed by atoms with Gasteiger partial charge in [0.25, 0.3) is 0 Å². The van der Waals surface area contributed by atoms with Crippen molar-refractivity contribution in [1.82, 2.24) is 0 Å². The fourth-order valence-corrected chi connectivity index (χ4v) is 1.82. The van der Waals surface area contributed by atoms with E-state index in [-0.39, 0.29) is 11.1 Å². The van der Waals surface area contributed by atoms with E-state index in [2.05, 4.69) is 0 Å². The normalized spacial score (nSPS) is 12.0. The van der Waals surface area contributed by atoms with Crippen molar-refractivity contribution in [3.05, 3.63) is 11.1 Å². The minimum absolute atomic E-state index is 0.161. The van der Waals surface area contributed by atoms with Crippen molar-refractivity contribution in [2.75, 3.05) is 6.61 Å². The van der Waals surface area contributed by atoms with Crippen LogP contribution in [-0.2, 0) is 19.4 Å². The highest BCUT2D eigenvalue weighted by molar-refractivity contribution is 5.99. The van der Waals surface area contributed by atoms with E-state index in [4.69, 9.17) is 9.78 Å². The summed E-state index contributed by atoms with van der Waals surface area (Å²) in [5.41, 5.74) is 0.406. The lowest BCUT2D eigenvalue weighted by Gasteiger charge is -2.11. The third kappa shape index (κ3) is 8.50. The second-order valence-corrected chi connectivity index (χ2v) is 5.02. The molecule has 0 aromatic heterocycles. The van der Waals surface area contributed by atoms with Crippen molar-refractivity contribution < 1.29 is 24.5 Å². The van der Waals surface area contributed by atoms with Gasteiger partial charge in [-0.05, 0) is 32.1 Å². The van der Waals surface area contributed by atoms with Gasteiger partial charge in [0.15, 0.2) is 0 Å². The molecule has 0 radical (unpaired) electrons. The quantitative estimate of drug-likeness (QED) is 0.255. The maximum absolute atomic E-state index is 12.1. The number of hydrogen-bond donors (Lipinski definition) is 1. The Kier molecular flexibility index (Phi) is 11.6. The SMILES string of the molecule is CCCCOOC(=O)/C(CCCC)=C(/CCCC)C(=O)O. The van der Waals surface area contributed by atoms with E-state index in [9.17, 15) is 14.7 Å². The van der Waals surface area contributed by atoms with Crippen LogP contribution in [0.5, 0.6) is 0 Å². The summed E-state index contributed by atoms with van der Waals surface area (Å²) in [6, 6.07) is 0. The van der Waals surface area contributed by atoms with E-state index < -0.39 is 11.9 Å². The predicted molar refractivity (Wildman–Crippen MR) is 80.7 cm³/mol. The summed E-state index contributed by atoms with van der Waals surface area (Å²) in [4.78, 5) is 33.0. The molecule has 0 aromatic rings. The van der Waals surface area contributed by atoms with Gasteiger partial charge in [-0.25, -0.2) is 9.59 Å². The van der Waals surface area contributed by atoms with Crippen LogP contribution in [0.15, 0.2) is 11.1 Å².